The molecule has 0 radical (unpaired) electrons. The standard InChI is InChI=1S/C17H20N2O2S/c1-11-10-18-7-5-14(11)15-3-4-16(22-15)17(21)19-8-6-13(20)9-12(19)2/h3-5,7,10,12-13,20H,6,8-9H2,1-2H3/t12-,13-/m0/s1. The minimum Gasteiger partial charge on any atom is -0.393 e. The van der Waals surface area contributed by atoms with E-state index in [1.54, 1.807) is 6.20 Å². The van der Waals surface area contributed by atoms with Crippen LogP contribution in [0.15, 0.2) is 30.6 Å². The zero-order valence-electron chi connectivity index (χ0n) is 12.8. The third-order valence-corrected chi connectivity index (χ3v) is 5.32. The van der Waals surface area contributed by atoms with Crippen molar-refractivity contribution in [2.24, 2.45) is 0 Å². The fraction of sp³-hybridized carbons (Fsp3) is 0.412. The molecule has 1 fully saturated rings. The van der Waals surface area contributed by atoms with E-state index in [-0.39, 0.29) is 18.1 Å². The molecule has 1 aliphatic rings. The molecule has 22 heavy (non-hydrogen) atoms. The number of aliphatic hydroxyl groups excluding tert-OH is 1. The summed E-state index contributed by atoms with van der Waals surface area (Å²) >= 11 is 1.52. The first-order valence-electron chi connectivity index (χ1n) is 7.56. The van der Waals surface area contributed by atoms with Crippen molar-refractivity contribution >= 4 is 17.2 Å². The normalized spacial score (nSPS) is 21.9. The van der Waals surface area contributed by atoms with Crippen LogP contribution < -0.4 is 0 Å². The maximum absolute atomic E-state index is 12.7. The average Bonchev–Trinajstić information content (AvgIpc) is 2.97. The predicted molar refractivity (Wildman–Crippen MR) is 88.0 cm³/mol. The largest absolute Gasteiger partial charge is 0.393 e. The maximum atomic E-state index is 12.7. The van der Waals surface area contributed by atoms with E-state index in [0.717, 1.165) is 20.9 Å². The van der Waals surface area contributed by atoms with Gasteiger partial charge in [0.15, 0.2) is 0 Å². The molecule has 0 aliphatic carbocycles. The van der Waals surface area contributed by atoms with Crippen LogP contribution in [-0.4, -0.2) is 39.6 Å². The molecule has 0 saturated carbocycles. The minimum absolute atomic E-state index is 0.0716. The lowest BCUT2D eigenvalue weighted by atomic mass is 10.0. The number of piperidine rings is 1. The summed E-state index contributed by atoms with van der Waals surface area (Å²) in [6.45, 7) is 4.65. The van der Waals surface area contributed by atoms with Crippen molar-refractivity contribution < 1.29 is 9.90 Å². The summed E-state index contributed by atoms with van der Waals surface area (Å²) in [4.78, 5) is 20.5. The van der Waals surface area contributed by atoms with E-state index in [0.29, 0.717) is 19.4 Å². The fourth-order valence-electron chi connectivity index (χ4n) is 2.94. The van der Waals surface area contributed by atoms with Gasteiger partial charge in [-0.1, -0.05) is 0 Å². The third kappa shape index (κ3) is 2.91. The number of thiophene rings is 1. The molecule has 4 nitrogen and oxygen atoms in total. The summed E-state index contributed by atoms with van der Waals surface area (Å²) in [6, 6.07) is 5.98. The molecule has 1 aliphatic heterocycles. The summed E-state index contributed by atoms with van der Waals surface area (Å²) in [5, 5.41) is 9.69. The lowest BCUT2D eigenvalue weighted by molar-refractivity contribution is 0.0368. The van der Waals surface area contributed by atoms with Gasteiger partial charge in [-0.25, -0.2) is 0 Å². The number of carbonyl (C=O) groups excluding carboxylic acids is 1. The monoisotopic (exact) mass is 316 g/mol. The highest BCUT2D eigenvalue weighted by molar-refractivity contribution is 7.17. The number of rotatable bonds is 2. The molecule has 5 heteroatoms. The number of likely N-dealkylation sites (tertiary alicyclic amines) is 1. The van der Waals surface area contributed by atoms with E-state index in [9.17, 15) is 9.90 Å². The smallest absolute Gasteiger partial charge is 0.264 e. The van der Waals surface area contributed by atoms with Crippen LogP contribution in [0.2, 0.25) is 0 Å². The van der Waals surface area contributed by atoms with Crippen molar-refractivity contribution in [3.63, 3.8) is 0 Å². The Hall–Kier alpha value is -1.72. The maximum Gasteiger partial charge on any atom is 0.264 e. The second-order valence-electron chi connectivity index (χ2n) is 5.88. The van der Waals surface area contributed by atoms with Gasteiger partial charge in [0.2, 0.25) is 0 Å². The van der Waals surface area contributed by atoms with Gasteiger partial charge < -0.3 is 10.0 Å². The van der Waals surface area contributed by atoms with Crippen LogP contribution in [0, 0.1) is 6.92 Å². The van der Waals surface area contributed by atoms with E-state index < -0.39 is 0 Å². The van der Waals surface area contributed by atoms with E-state index in [2.05, 4.69) is 4.98 Å². The van der Waals surface area contributed by atoms with Gasteiger partial charge in [0.25, 0.3) is 5.91 Å². The molecular weight excluding hydrogens is 296 g/mol. The molecule has 0 bridgehead atoms. The van der Waals surface area contributed by atoms with E-state index >= 15 is 0 Å². The number of hydrogen-bond donors (Lipinski definition) is 1. The first kappa shape index (κ1) is 15.2. The Kier molecular flexibility index (Phi) is 4.27. The molecule has 1 N–H and O–H groups in total. The molecule has 1 amide bonds. The topological polar surface area (TPSA) is 53.4 Å². The highest BCUT2D eigenvalue weighted by Crippen LogP contribution is 2.31. The molecule has 0 unspecified atom stereocenters. The van der Waals surface area contributed by atoms with Crippen LogP contribution in [0.25, 0.3) is 10.4 Å². The van der Waals surface area contributed by atoms with Gasteiger partial charge in [0, 0.05) is 29.9 Å². The Morgan fingerprint density at radius 1 is 1.41 bits per heavy atom. The number of pyridine rings is 1. The number of amides is 1. The third-order valence-electron chi connectivity index (χ3n) is 4.21. The molecule has 1 saturated heterocycles. The highest BCUT2D eigenvalue weighted by atomic mass is 32.1. The molecular formula is C17H20N2O2S. The molecule has 3 rings (SSSR count). The summed E-state index contributed by atoms with van der Waals surface area (Å²) in [5.74, 6) is 0.0716. The Balaban J connectivity index is 1.82. The van der Waals surface area contributed by atoms with Gasteiger partial charge in [-0.05, 0) is 56.0 Å². The van der Waals surface area contributed by atoms with E-state index in [1.165, 1.54) is 11.3 Å². The average molecular weight is 316 g/mol. The summed E-state index contributed by atoms with van der Waals surface area (Å²) < 4.78 is 0. The van der Waals surface area contributed by atoms with Crippen molar-refractivity contribution in [3.05, 3.63) is 41.0 Å². The zero-order chi connectivity index (χ0) is 15.7. The van der Waals surface area contributed by atoms with Gasteiger partial charge in [-0.3, -0.25) is 9.78 Å². The molecule has 0 aromatic carbocycles. The molecule has 2 atom stereocenters. The van der Waals surface area contributed by atoms with Crippen molar-refractivity contribution in [3.8, 4) is 10.4 Å². The van der Waals surface area contributed by atoms with Crippen molar-refractivity contribution in [1.82, 2.24) is 9.88 Å². The number of aryl methyl sites for hydroxylation is 1. The van der Waals surface area contributed by atoms with Crippen LogP contribution in [0.1, 0.15) is 35.0 Å². The minimum atomic E-state index is -0.280. The van der Waals surface area contributed by atoms with Gasteiger partial charge in [-0.15, -0.1) is 11.3 Å². The number of aliphatic hydroxyl groups is 1. The quantitative estimate of drug-likeness (QED) is 0.926. The van der Waals surface area contributed by atoms with Crippen LogP contribution in [0.4, 0.5) is 0 Å². The number of nitrogens with zero attached hydrogens (tertiary/aromatic N) is 2. The Morgan fingerprint density at radius 2 is 2.23 bits per heavy atom. The van der Waals surface area contributed by atoms with Crippen LogP contribution in [0.5, 0.6) is 0 Å². The molecule has 2 aromatic heterocycles. The van der Waals surface area contributed by atoms with Crippen molar-refractivity contribution in [2.75, 3.05) is 6.54 Å². The van der Waals surface area contributed by atoms with Gasteiger partial charge >= 0.3 is 0 Å². The van der Waals surface area contributed by atoms with E-state index in [1.807, 2.05) is 43.1 Å². The summed E-state index contributed by atoms with van der Waals surface area (Å²) in [7, 11) is 0. The van der Waals surface area contributed by atoms with Crippen molar-refractivity contribution in [1.29, 1.82) is 0 Å². The van der Waals surface area contributed by atoms with Gasteiger partial charge in [-0.2, -0.15) is 0 Å². The first-order chi connectivity index (χ1) is 10.6. The SMILES string of the molecule is Cc1cnccc1-c1ccc(C(=O)N2CC[C@H](O)C[C@@H]2C)s1. The van der Waals surface area contributed by atoms with Crippen LogP contribution in [-0.2, 0) is 0 Å². The molecule has 2 aromatic rings. The Bertz CT molecular complexity index is 683. The van der Waals surface area contributed by atoms with E-state index in [4.69, 9.17) is 0 Å². The second kappa shape index (κ2) is 6.18. The van der Waals surface area contributed by atoms with Gasteiger partial charge in [0.05, 0.1) is 11.0 Å². The number of carbonyl (C=O) groups is 1. The summed E-state index contributed by atoms with van der Waals surface area (Å²) in [5.41, 5.74) is 2.24. The predicted octanol–water partition coefficient (Wildman–Crippen LogP) is 3.10. The van der Waals surface area contributed by atoms with Gasteiger partial charge in [0.1, 0.15) is 0 Å². The van der Waals surface area contributed by atoms with Crippen molar-refractivity contribution in [2.45, 2.75) is 38.8 Å². The lowest BCUT2D eigenvalue weighted by Gasteiger charge is -2.35. The lowest BCUT2D eigenvalue weighted by Crippen LogP contribution is -2.45. The Morgan fingerprint density at radius 3 is 2.95 bits per heavy atom. The number of aromatic nitrogens is 1. The molecule has 3 heterocycles. The molecule has 116 valence electrons. The first-order valence-corrected chi connectivity index (χ1v) is 8.37. The zero-order valence-corrected chi connectivity index (χ0v) is 13.6. The summed E-state index contributed by atoms with van der Waals surface area (Å²) in [6.07, 6.45) is 4.66. The van der Waals surface area contributed by atoms with Crippen LogP contribution >= 0.6 is 11.3 Å². The van der Waals surface area contributed by atoms with Crippen LogP contribution in [0.3, 0.4) is 0 Å². The second-order valence-corrected chi connectivity index (χ2v) is 6.96. The highest BCUT2D eigenvalue weighted by Gasteiger charge is 2.29. The fourth-order valence-corrected chi connectivity index (χ4v) is 3.99. The Labute approximate surface area is 134 Å². The number of hydrogen-bond acceptors (Lipinski definition) is 4. The molecule has 0 spiro atoms.